The van der Waals surface area contributed by atoms with Gasteiger partial charge >= 0.3 is 0 Å². The Kier molecular flexibility index (Phi) is 4.10. The minimum absolute atomic E-state index is 0.553. The maximum absolute atomic E-state index is 5.47. The predicted molar refractivity (Wildman–Crippen MR) is 99.0 cm³/mol. The van der Waals surface area contributed by atoms with E-state index in [1.54, 1.807) is 32.7 Å². The van der Waals surface area contributed by atoms with Crippen LogP contribution in [0.3, 0.4) is 0 Å². The number of hydrogen-bond acceptors (Lipinski definition) is 6. The van der Waals surface area contributed by atoms with Gasteiger partial charge in [0.1, 0.15) is 5.75 Å². The van der Waals surface area contributed by atoms with Gasteiger partial charge in [0.2, 0.25) is 5.88 Å². The van der Waals surface area contributed by atoms with Gasteiger partial charge in [0.05, 0.1) is 31.8 Å². The molecule has 7 heteroatoms. The monoisotopic (exact) mass is 347 g/mol. The van der Waals surface area contributed by atoms with Crippen molar-refractivity contribution in [2.24, 2.45) is 0 Å². The second-order valence-electron chi connectivity index (χ2n) is 5.55. The van der Waals surface area contributed by atoms with E-state index >= 15 is 0 Å². The second-order valence-corrected chi connectivity index (χ2v) is 5.55. The van der Waals surface area contributed by atoms with Crippen molar-refractivity contribution in [3.05, 3.63) is 61.2 Å². The van der Waals surface area contributed by atoms with E-state index < -0.39 is 0 Å². The molecule has 130 valence electrons. The molecule has 4 aromatic rings. The molecule has 0 radical (unpaired) electrons. The molecule has 3 aromatic heterocycles. The van der Waals surface area contributed by atoms with E-state index in [-0.39, 0.29) is 0 Å². The number of para-hydroxylation sites is 1. The molecule has 0 fully saturated rings. The number of nitrogens with zero attached hydrogens (tertiary/aromatic N) is 4. The van der Waals surface area contributed by atoms with Gasteiger partial charge < -0.3 is 19.2 Å². The van der Waals surface area contributed by atoms with E-state index in [1.165, 1.54) is 0 Å². The highest BCUT2D eigenvalue weighted by atomic mass is 16.5. The third-order valence-corrected chi connectivity index (χ3v) is 3.97. The van der Waals surface area contributed by atoms with Crippen LogP contribution in [0.25, 0.3) is 16.9 Å². The molecular formula is C19H17N5O2. The Hall–Kier alpha value is -3.61. The van der Waals surface area contributed by atoms with Crippen LogP contribution < -0.4 is 14.8 Å². The van der Waals surface area contributed by atoms with E-state index in [9.17, 15) is 0 Å². The number of nitrogens with one attached hydrogen (secondary N) is 1. The summed E-state index contributed by atoms with van der Waals surface area (Å²) in [4.78, 5) is 13.4. The number of fused-ring (bicyclic) bond motifs is 1. The molecule has 1 N–H and O–H groups in total. The minimum Gasteiger partial charge on any atom is -0.496 e. The van der Waals surface area contributed by atoms with Crippen molar-refractivity contribution in [2.45, 2.75) is 0 Å². The molecule has 4 rings (SSSR count). The molecule has 0 unspecified atom stereocenters. The molecule has 0 bridgehead atoms. The Balaban J connectivity index is 1.79. The lowest BCUT2D eigenvalue weighted by atomic mass is 10.1. The third-order valence-electron chi connectivity index (χ3n) is 3.97. The first-order chi connectivity index (χ1) is 12.8. The standard InChI is InChI=1S/C19H17N5O2/c1-25-16-6-4-3-5-14(16)15-12-24-10-9-20-19(24)18(23-15)22-13-7-8-17(26-2)21-11-13/h3-12H,1-2H3,(H,22,23). The highest BCUT2D eigenvalue weighted by Gasteiger charge is 2.12. The summed E-state index contributed by atoms with van der Waals surface area (Å²) in [5, 5.41) is 3.28. The lowest BCUT2D eigenvalue weighted by molar-refractivity contribution is 0.398. The number of anilines is 2. The zero-order chi connectivity index (χ0) is 17.9. The highest BCUT2D eigenvalue weighted by molar-refractivity contribution is 5.75. The van der Waals surface area contributed by atoms with Gasteiger partial charge in [-0.1, -0.05) is 12.1 Å². The molecule has 0 atom stereocenters. The molecule has 0 saturated carbocycles. The lowest BCUT2D eigenvalue weighted by Gasteiger charge is -2.12. The molecule has 1 aromatic carbocycles. The van der Waals surface area contributed by atoms with Gasteiger partial charge in [-0.25, -0.2) is 15.0 Å². The predicted octanol–water partition coefficient (Wildman–Crippen LogP) is 3.55. The molecule has 7 nitrogen and oxygen atoms in total. The number of ether oxygens (including phenoxy) is 2. The molecule has 0 aliphatic carbocycles. The van der Waals surface area contributed by atoms with E-state index in [0.29, 0.717) is 11.7 Å². The number of methoxy groups -OCH3 is 2. The molecular weight excluding hydrogens is 330 g/mol. The lowest BCUT2D eigenvalue weighted by Crippen LogP contribution is -2.01. The van der Waals surface area contributed by atoms with Gasteiger partial charge in [-0.15, -0.1) is 0 Å². The molecule has 3 heterocycles. The maximum atomic E-state index is 5.47. The molecule has 0 amide bonds. The number of aromatic nitrogens is 4. The first-order valence-corrected chi connectivity index (χ1v) is 8.02. The van der Waals surface area contributed by atoms with Crippen molar-refractivity contribution in [3.63, 3.8) is 0 Å². The van der Waals surface area contributed by atoms with Gasteiger partial charge in [0, 0.05) is 30.2 Å². The first kappa shape index (κ1) is 15.9. The van der Waals surface area contributed by atoms with Crippen LogP contribution in [-0.2, 0) is 0 Å². The summed E-state index contributed by atoms with van der Waals surface area (Å²) in [6.07, 6.45) is 7.24. The number of pyridine rings is 1. The molecule has 0 aliphatic rings. The number of rotatable bonds is 5. The van der Waals surface area contributed by atoms with Crippen LogP contribution in [0.4, 0.5) is 11.5 Å². The Morgan fingerprint density at radius 2 is 1.88 bits per heavy atom. The number of hydrogen-bond donors (Lipinski definition) is 1. The Morgan fingerprint density at radius 3 is 2.65 bits per heavy atom. The SMILES string of the molecule is COc1ccc(Nc2nc(-c3ccccc3OC)cn3ccnc23)cn1. The van der Waals surface area contributed by atoms with Gasteiger partial charge in [0.15, 0.2) is 11.5 Å². The van der Waals surface area contributed by atoms with Gasteiger partial charge in [-0.2, -0.15) is 0 Å². The van der Waals surface area contributed by atoms with Crippen LogP contribution in [-0.4, -0.2) is 33.6 Å². The van der Waals surface area contributed by atoms with E-state index in [1.807, 2.05) is 47.1 Å². The fourth-order valence-electron chi connectivity index (χ4n) is 2.71. The van der Waals surface area contributed by atoms with Gasteiger partial charge in [-0.3, -0.25) is 0 Å². The van der Waals surface area contributed by atoms with Crippen LogP contribution >= 0.6 is 0 Å². The summed E-state index contributed by atoms with van der Waals surface area (Å²) < 4.78 is 12.5. The topological polar surface area (TPSA) is 73.6 Å². The average Bonchev–Trinajstić information content (AvgIpc) is 3.17. The fraction of sp³-hybridized carbons (Fsp3) is 0.105. The van der Waals surface area contributed by atoms with Crippen LogP contribution in [0.1, 0.15) is 0 Å². The minimum atomic E-state index is 0.553. The van der Waals surface area contributed by atoms with Crippen molar-refractivity contribution in [3.8, 4) is 22.9 Å². The van der Waals surface area contributed by atoms with Crippen molar-refractivity contribution >= 4 is 17.2 Å². The number of benzene rings is 1. The second kappa shape index (κ2) is 6.72. The number of imidazole rings is 1. The van der Waals surface area contributed by atoms with E-state index in [0.717, 1.165) is 28.3 Å². The smallest absolute Gasteiger partial charge is 0.213 e. The Bertz CT molecular complexity index is 1040. The van der Waals surface area contributed by atoms with Crippen molar-refractivity contribution in [2.75, 3.05) is 19.5 Å². The third kappa shape index (κ3) is 2.90. The molecule has 26 heavy (non-hydrogen) atoms. The summed E-state index contributed by atoms with van der Waals surface area (Å²) in [5.41, 5.74) is 3.19. The Morgan fingerprint density at radius 1 is 1.00 bits per heavy atom. The summed E-state index contributed by atoms with van der Waals surface area (Å²) in [6, 6.07) is 11.4. The zero-order valence-electron chi connectivity index (χ0n) is 14.4. The molecule has 0 spiro atoms. The zero-order valence-corrected chi connectivity index (χ0v) is 14.4. The van der Waals surface area contributed by atoms with Gasteiger partial charge in [0.25, 0.3) is 0 Å². The normalized spacial score (nSPS) is 10.7. The van der Waals surface area contributed by atoms with Crippen LogP contribution in [0.15, 0.2) is 61.2 Å². The summed E-state index contributed by atoms with van der Waals surface area (Å²) in [5.74, 6) is 1.94. The van der Waals surface area contributed by atoms with Crippen molar-refractivity contribution in [1.82, 2.24) is 19.4 Å². The summed E-state index contributed by atoms with van der Waals surface area (Å²) >= 11 is 0. The van der Waals surface area contributed by atoms with E-state index in [2.05, 4.69) is 15.3 Å². The maximum Gasteiger partial charge on any atom is 0.213 e. The fourth-order valence-corrected chi connectivity index (χ4v) is 2.71. The quantitative estimate of drug-likeness (QED) is 0.595. The molecule has 0 saturated heterocycles. The largest absolute Gasteiger partial charge is 0.496 e. The van der Waals surface area contributed by atoms with Gasteiger partial charge in [-0.05, 0) is 18.2 Å². The van der Waals surface area contributed by atoms with Crippen LogP contribution in [0.2, 0.25) is 0 Å². The van der Waals surface area contributed by atoms with Crippen molar-refractivity contribution < 1.29 is 9.47 Å². The van der Waals surface area contributed by atoms with Crippen LogP contribution in [0, 0.1) is 0 Å². The Labute approximate surface area is 150 Å². The van der Waals surface area contributed by atoms with E-state index in [4.69, 9.17) is 14.5 Å². The van der Waals surface area contributed by atoms with Crippen molar-refractivity contribution in [1.29, 1.82) is 0 Å². The summed E-state index contributed by atoms with van der Waals surface area (Å²) in [7, 11) is 3.23. The highest BCUT2D eigenvalue weighted by Crippen LogP contribution is 2.30. The first-order valence-electron chi connectivity index (χ1n) is 8.02. The molecule has 0 aliphatic heterocycles. The van der Waals surface area contributed by atoms with Crippen LogP contribution in [0.5, 0.6) is 11.6 Å². The average molecular weight is 347 g/mol. The summed E-state index contributed by atoms with van der Waals surface area (Å²) in [6.45, 7) is 0.